The molecule has 1 aliphatic rings. The van der Waals surface area contributed by atoms with Crippen molar-refractivity contribution in [3.8, 4) is 0 Å². The summed E-state index contributed by atoms with van der Waals surface area (Å²) in [7, 11) is 1.59. The summed E-state index contributed by atoms with van der Waals surface area (Å²) >= 11 is 13.2. The molecule has 1 saturated heterocycles. The van der Waals surface area contributed by atoms with Gasteiger partial charge < -0.3 is 5.32 Å². The lowest BCUT2D eigenvalue weighted by Crippen LogP contribution is -2.64. The second-order valence-corrected chi connectivity index (χ2v) is 7.52. The summed E-state index contributed by atoms with van der Waals surface area (Å²) in [6.45, 7) is 1.90. The molecule has 2 rings (SSSR count). The normalized spacial score (nSPS) is 28.5. The van der Waals surface area contributed by atoms with Gasteiger partial charge in [0.05, 0.1) is 15.4 Å². The van der Waals surface area contributed by atoms with Crippen LogP contribution >= 0.6 is 61.5 Å². The summed E-state index contributed by atoms with van der Waals surface area (Å²) in [4.78, 5) is 14.3. The SMILES string of the molecule is CN1C(=N)N[C@](C)(c2scc(Br)c2Cl)[C@H](I)C1=O. The monoisotopic (exact) mass is 461 g/mol. The van der Waals surface area contributed by atoms with Crippen molar-refractivity contribution in [1.29, 1.82) is 5.41 Å². The fourth-order valence-electron chi connectivity index (χ4n) is 1.77. The van der Waals surface area contributed by atoms with Gasteiger partial charge in [0.1, 0.15) is 3.92 Å². The topological polar surface area (TPSA) is 56.2 Å². The third kappa shape index (κ3) is 2.08. The Bertz CT molecular complexity index is 537. The van der Waals surface area contributed by atoms with Crippen molar-refractivity contribution in [2.24, 2.45) is 0 Å². The van der Waals surface area contributed by atoms with E-state index in [0.29, 0.717) is 5.02 Å². The highest BCUT2D eigenvalue weighted by Crippen LogP contribution is 2.44. The third-order valence-corrected chi connectivity index (χ3v) is 7.59. The van der Waals surface area contributed by atoms with Crippen molar-refractivity contribution in [1.82, 2.24) is 10.2 Å². The van der Waals surface area contributed by atoms with Gasteiger partial charge in [0.25, 0.3) is 0 Å². The highest BCUT2D eigenvalue weighted by molar-refractivity contribution is 14.1. The van der Waals surface area contributed by atoms with Crippen LogP contribution in [0.3, 0.4) is 0 Å². The molecule has 2 N–H and O–H groups in total. The highest BCUT2D eigenvalue weighted by Gasteiger charge is 2.48. The van der Waals surface area contributed by atoms with Crippen molar-refractivity contribution < 1.29 is 4.79 Å². The minimum Gasteiger partial charge on any atom is -0.344 e. The molecule has 0 aromatic carbocycles. The van der Waals surface area contributed by atoms with Gasteiger partial charge >= 0.3 is 0 Å². The van der Waals surface area contributed by atoms with E-state index >= 15 is 0 Å². The zero-order chi connectivity index (χ0) is 13.7. The molecule has 0 aliphatic carbocycles. The molecule has 0 spiro atoms. The number of thiophene rings is 1. The number of hydrogen-bond acceptors (Lipinski definition) is 3. The zero-order valence-corrected chi connectivity index (χ0v) is 14.9. The molecular formula is C10H10BrClIN3OS. The second-order valence-electron chi connectivity index (χ2n) is 4.16. The Morgan fingerprint density at radius 3 is 2.83 bits per heavy atom. The molecule has 1 aromatic rings. The van der Waals surface area contributed by atoms with Crippen LogP contribution < -0.4 is 5.32 Å². The van der Waals surface area contributed by atoms with Crippen LogP contribution in [-0.4, -0.2) is 27.7 Å². The van der Waals surface area contributed by atoms with E-state index in [-0.39, 0.29) is 15.8 Å². The maximum atomic E-state index is 12.1. The lowest BCUT2D eigenvalue weighted by atomic mass is 9.93. The molecule has 98 valence electrons. The van der Waals surface area contributed by atoms with Crippen molar-refractivity contribution >= 4 is 73.3 Å². The van der Waals surface area contributed by atoms with Crippen molar-refractivity contribution in [3.63, 3.8) is 0 Å². The Kier molecular flexibility index (Phi) is 3.97. The zero-order valence-electron chi connectivity index (χ0n) is 9.55. The minimum absolute atomic E-state index is 0.0935. The summed E-state index contributed by atoms with van der Waals surface area (Å²) in [6.07, 6.45) is 0. The third-order valence-electron chi connectivity index (χ3n) is 2.93. The van der Waals surface area contributed by atoms with Gasteiger partial charge in [-0.15, -0.1) is 11.3 Å². The molecular weight excluding hydrogens is 452 g/mol. The predicted molar refractivity (Wildman–Crippen MR) is 85.8 cm³/mol. The van der Waals surface area contributed by atoms with E-state index in [1.807, 2.05) is 12.3 Å². The average Bonchev–Trinajstić information content (AvgIpc) is 2.65. The van der Waals surface area contributed by atoms with Gasteiger partial charge in [0, 0.05) is 16.9 Å². The predicted octanol–water partition coefficient (Wildman–Crippen LogP) is 3.18. The molecule has 4 nitrogen and oxygen atoms in total. The summed E-state index contributed by atoms with van der Waals surface area (Å²) < 4.78 is 0.492. The van der Waals surface area contributed by atoms with Gasteiger partial charge in [-0.05, 0) is 22.9 Å². The molecule has 0 unspecified atom stereocenters. The molecule has 1 aromatic heterocycles. The summed E-state index contributed by atoms with van der Waals surface area (Å²) in [5, 5.41) is 13.4. The van der Waals surface area contributed by atoms with Crippen LogP contribution in [0, 0.1) is 5.41 Å². The van der Waals surface area contributed by atoms with Gasteiger partial charge in [-0.25, -0.2) is 0 Å². The number of nitrogens with one attached hydrogen (secondary N) is 2. The van der Waals surface area contributed by atoms with E-state index in [1.165, 1.54) is 16.2 Å². The van der Waals surface area contributed by atoms with E-state index in [4.69, 9.17) is 17.0 Å². The summed E-state index contributed by atoms with van der Waals surface area (Å²) in [6, 6.07) is 0. The number of carbonyl (C=O) groups is 1. The van der Waals surface area contributed by atoms with Gasteiger partial charge in [0.2, 0.25) is 5.91 Å². The first-order valence-electron chi connectivity index (χ1n) is 5.00. The smallest absolute Gasteiger partial charge is 0.244 e. The quantitative estimate of drug-likeness (QED) is 0.498. The molecule has 2 heterocycles. The Balaban J connectivity index is 2.50. The number of alkyl halides is 1. The Labute approximate surface area is 136 Å². The standard InChI is InChI=1S/C10H10BrClIN3OS/c1-10(7-5(12)4(11)3-18-7)6(13)8(17)16(2)9(14)15-10/h3,6H,1-2H3,(H2,14,15)/t6-,10+/m1/s1. The fourth-order valence-corrected chi connectivity index (χ4v) is 4.89. The Hall–Kier alpha value is 0.140. The fraction of sp³-hybridized carbons (Fsp3) is 0.400. The van der Waals surface area contributed by atoms with Gasteiger partial charge in [-0.3, -0.25) is 15.1 Å². The number of guanidine groups is 1. The van der Waals surface area contributed by atoms with Crippen molar-refractivity contribution in [2.75, 3.05) is 7.05 Å². The van der Waals surface area contributed by atoms with Crippen LogP contribution in [0.15, 0.2) is 9.85 Å². The number of rotatable bonds is 1. The molecule has 0 radical (unpaired) electrons. The molecule has 0 bridgehead atoms. The molecule has 8 heteroatoms. The van der Waals surface area contributed by atoms with E-state index in [0.717, 1.165) is 9.35 Å². The van der Waals surface area contributed by atoms with E-state index < -0.39 is 5.54 Å². The Morgan fingerprint density at radius 2 is 2.33 bits per heavy atom. The highest BCUT2D eigenvalue weighted by atomic mass is 127. The lowest BCUT2D eigenvalue weighted by Gasteiger charge is -2.42. The average molecular weight is 463 g/mol. The first-order chi connectivity index (χ1) is 8.29. The molecule has 0 saturated carbocycles. The molecule has 18 heavy (non-hydrogen) atoms. The van der Waals surface area contributed by atoms with Crippen molar-refractivity contribution in [3.05, 3.63) is 19.8 Å². The summed E-state index contributed by atoms with van der Waals surface area (Å²) in [5.74, 6) is -0.00144. The maximum Gasteiger partial charge on any atom is 0.244 e. The van der Waals surface area contributed by atoms with Crippen LogP contribution in [0.5, 0.6) is 0 Å². The molecule has 1 amide bonds. The van der Waals surface area contributed by atoms with Crippen LogP contribution in [0.4, 0.5) is 0 Å². The minimum atomic E-state index is -0.658. The molecule has 1 fully saturated rings. The van der Waals surface area contributed by atoms with E-state index in [1.54, 1.807) is 7.05 Å². The van der Waals surface area contributed by atoms with Crippen molar-refractivity contribution in [2.45, 2.75) is 16.4 Å². The van der Waals surface area contributed by atoms with Gasteiger partial charge in [-0.1, -0.05) is 34.2 Å². The van der Waals surface area contributed by atoms with Gasteiger partial charge in [0.15, 0.2) is 5.96 Å². The first kappa shape index (κ1) is 14.5. The number of amides is 1. The largest absolute Gasteiger partial charge is 0.344 e. The van der Waals surface area contributed by atoms with E-state index in [2.05, 4.69) is 43.8 Å². The first-order valence-corrected chi connectivity index (χ1v) is 8.30. The molecule has 1 aliphatic heterocycles. The summed E-state index contributed by atoms with van der Waals surface area (Å²) in [5.41, 5.74) is -0.658. The number of carbonyl (C=O) groups excluding carboxylic acids is 1. The number of halogens is 3. The number of hydrogen-bond donors (Lipinski definition) is 2. The van der Waals surface area contributed by atoms with Gasteiger partial charge in [-0.2, -0.15) is 0 Å². The van der Waals surface area contributed by atoms with Crippen LogP contribution in [-0.2, 0) is 10.3 Å². The Morgan fingerprint density at radius 1 is 1.72 bits per heavy atom. The lowest BCUT2D eigenvalue weighted by molar-refractivity contribution is -0.128. The van der Waals surface area contributed by atoms with Crippen LogP contribution in [0.1, 0.15) is 11.8 Å². The molecule has 2 atom stereocenters. The second kappa shape index (κ2) is 4.92. The van der Waals surface area contributed by atoms with Crippen LogP contribution in [0.2, 0.25) is 5.02 Å². The van der Waals surface area contributed by atoms with Crippen LogP contribution in [0.25, 0.3) is 0 Å². The van der Waals surface area contributed by atoms with E-state index in [9.17, 15) is 4.79 Å². The number of nitrogens with zero attached hydrogens (tertiary/aromatic N) is 1. The maximum absolute atomic E-state index is 12.1.